The number of rotatable bonds is 7. The number of benzene rings is 1. The molecule has 0 spiro atoms. The van der Waals surface area contributed by atoms with E-state index in [1.54, 1.807) is 0 Å². The summed E-state index contributed by atoms with van der Waals surface area (Å²) in [7, 11) is 0. The molecule has 0 radical (unpaired) electrons. The Hall–Kier alpha value is -1.34. The quantitative estimate of drug-likeness (QED) is 0.228. The van der Waals surface area contributed by atoms with Crippen LogP contribution in [0.4, 0.5) is 23.2 Å². The first-order valence-electron chi connectivity index (χ1n) is 10.9. The third kappa shape index (κ3) is 8.89. The Morgan fingerprint density at radius 1 is 1.06 bits per heavy atom. The van der Waals surface area contributed by atoms with Gasteiger partial charge in [0.05, 0.1) is 13.1 Å². The van der Waals surface area contributed by atoms with Crippen molar-refractivity contribution in [3.63, 3.8) is 0 Å². The third-order valence-corrected chi connectivity index (χ3v) is 5.61. The van der Waals surface area contributed by atoms with Crippen LogP contribution < -0.4 is 15.5 Å². The molecule has 2 aliphatic heterocycles. The molecule has 32 heavy (non-hydrogen) atoms. The smallest absolute Gasteiger partial charge is 0.369 e. The van der Waals surface area contributed by atoms with Crippen molar-refractivity contribution in [2.45, 2.75) is 25.6 Å². The van der Waals surface area contributed by atoms with Gasteiger partial charge in [0.15, 0.2) is 5.96 Å². The van der Waals surface area contributed by atoms with E-state index in [9.17, 15) is 17.6 Å². The second kappa shape index (κ2) is 12.8. The molecule has 11 heteroatoms. The summed E-state index contributed by atoms with van der Waals surface area (Å²) < 4.78 is 50.8. The van der Waals surface area contributed by atoms with Gasteiger partial charge in [-0.1, -0.05) is 0 Å². The van der Waals surface area contributed by atoms with Crippen LogP contribution in [0, 0.1) is 5.82 Å². The predicted octanol–water partition coefficient (Wildman–Crippen LogP) is 2.76. The minimum atomic E-state index is -4.16. The number of halogens is 5. The van der Waals surface area contributed by atoms with Crippen molar-refractivity contribution < 1.29 is 17.6 Å². The lowest BCUT2D eigenvalue weighted by Gasteiger charge is -2.35. The maximum atomic E-state index is 13.1. The van der Waals surface area contributed by atoms with Gasteiger partial charge in [-0.25, -0.2) is 4.39 Å². The van der Waals surface area contributed by atoms with Gasteiger partial charge in [0, 0.05) is 64.1 Å². The normalized spacial score (nSPS) is 20.8. The fraction of sp³-hybridized carbons (Fsp3) is 0.667. The van der Waals surface area contributed by atoms with Gasteiger partial charge >= 0.3 is 6.18 Å². The number of likely N-dealkylation sites (tertiary alicyclic amines) is 1. The lowest BCUT2D eigenvalue weighted by molar-refractivity contribution is -0.143. The minimum Gasteiger partial charge on any atom is -0.369 e. The van der Waals surface area contributed by atoms with Gasteiger partial charge in [0.25, 0.3) is 0 Å². The molecule has 2 saturated heterocycles. The standard InChI is InChI=1S/C21H32F4N6.HI/c1-2-26-20(28-18-7-9-30(15-18)16-21(23,24)25)27-8-10-29-11-13-31(14-12-29)19-5-3-17(22)4-6-19;/h3-6,18H,2,7-16H2,1H3,(H2,26,27,28);1H. The average molecular weight is 572 g/mol. The van der Waals surface area contributed by atoms with Crippen molar-refractivity contribution in [2.75, 3.05) is 70.3 Å². The molecule has 2 N–H and O–H groups in total. The van der Waals surface area contributed by atoms with Gasteiger partial charge in [-0.15, -0.1) is 24.0 Å². The van der Waals surface area contributed by atoms with E-state index in [-0.39, 0.29) is 35.8 Å². The molecule has 0 aliphatic carbocycles. The Labute approximate surface area is 204 Å². The van der Waals surface area contributed by atoms with Crippen molar-refractivity contribution in [1.82, 2.24) is 20.4 Å². The molecule has 0 saturated carbocycles. The summed E-state index contributed by atoms with van der Waals surface area (Å²) in [5, 5.41) is 6.46. The van der Waals surface area contributed by atoms with Crippen LogP contribution in [0.2, 0.25) is 0 Å². The van der Waals surface area contributed by atoms with Crippen LogP contribution in [0.1, 0.15) is 13.3 Å². The molecule has 1 atom stereocenters. The Morgan fingerprint density at radius 3 is 2.38 bits per heavy atom. The second-order valence-electron chi connectivity index (χ2n) is 8.05. The second-order valence-corrected chi connectivity index (χ2v) is 8.05. The molecule has 182 valence electrons. The van der Waals surface area contributed by atoms with Crippen LogP contribution >= 0.6 is 24.0 Å². The SMILES string of the molecule is CCNC(=NCCN1CCN(c2ccc(F)cc2)CC1)NC1CCN(CC(F)(F)F)C1.I. The molecule has 0 aromatic heterocycles. The number of nitrogens with zero attached hydrogens (tertiary/aromatic N) is 4. The van der Waals surface area contributed by atoms with Crippen LogP contribution in [0.5, 0.6) is 0 Å². The molecule has 2 heterocycles. The Morgan fingerprint density at radius 2 is 1.75 bits per heavy atom. The Bertz CT molecular complexity index is 707. The molecule has 1 aromatic carbocycles. The van der Waals surface area contributed by atoms with Crippen molar-refractivity contribution >= 4 is 35.6 Å². The van der Waals surface area contributed by atoms with Gasteiger partial charge < -0.3 is 15.5 Å². The summed E-state index contributed by atoms with van der Waals surface area (Å²) in [5.74, 6) is 0.433. The van der Waals surface area contributed by atoms with Crippen molar-refractivity contribution in [1.29, 1.82) is 0 Å². The summed E-state index contributed by atoms with van der Waals surface area (Å²) in [6, 6.07) is 6.56. The molecule has 3 rings (SSSR count). The highest BCUT2D eigenvalue weighted by Crippen LogP contribution is 2.20. The van der Waals surface area contributed by atoms with E-state index in [1.165, 1.54) is 17.0 Å². The molecule has 0 bridgehead atoms. The van der Waals surface area contributed by atoms with Crippen LogP contribution in [0.25, 0.3) is 0 Å². The van der Waals surface area contributed by atoms with E-state index in [0.717, 1.165) is 38.4 Å². The van der Waals surface area contributed by atoms with Crippen LogP contribution in [-0.2, 0) is 0 Å². The molecular formula is C21H33F4IN6. The van der Waals surface area contributed by atoms with E-state index in [2.05, 4.69) is 25.4 Å². The minimum absolute atomic E-state index is 0. The van der Waals surface area contributed by atoms with Crippen molar-refractivity contribution in [2.24, 2.45) is 4.99 Å². The monoisotopic (exact) mass is 572 g/mol. The summed E-state index contributed by atoms with van der Waals surface area (Å²) in [5.41, 5.74) is 1.04. The van der Waals surface area contributed by atoms with E-state index < -0.39 is 12.7 Å². The summed E-state index contributed by atoms with van der Waals surface area (Å²) in [6.07, 6.45) is -3.49. The zero-order valence-electron chi connectivity index (χ0n) is 18.4. The molecule has 2 aliphatic rings. The lowest BCUT2D eigenvalue weighted by atomic mass is 10.2. The molecule has 6 nitrogen and oxygen atoms in total. The van der Waals surface area contributed by atoms with E-state index in [4.69, 9.17) is 0 Å². The van der Waals surface area contributed by atoms with Gasteiger partial charge in [-0.3, -0.25) is 14.8 Å². The van der Waals surface area contributed by atoms with E-state index in [1.807, 2.05) is 19.1 Å². The zero-order valence-corrected chi connectivity index (χ0v) is 20.7. The number of piperazine rings is 1. The maximum absolute atomic E-state index is 13.1. The number of nitrogens with one attached hydrogen (secondary N) is 2. The predicted molar refractivity (Wildman–Crippen MR) is 130 cm³/mol. The van der Waals surface area contributed by atoms with Crippen LogP contribution in [-0.4, -0.2) is 93.4 Å². The van der Waals surface area contributed by atoms with Crippen molar-refractivity contribution in [3.05, 3.63) is 30.1 Å². The van der Waals surface area contributed by atoms with Gasteiger partial charge in [0.1, 0.15) is 5.82 Å². The van der Waals surface area contributed by atoms with Crippen molar-refractivity contribution in [3.8, 4) is 0 Å². The Balaban J connectivity index is 0.00000363. The van der Waals surface area contributed by atoms with Gasteiger partial charge in [0.2, 0.25) is 0 Å². The number of anilines is 1. The van der Waals surface area contributed by atoms with Gasteiger partial charge in [-0.05, 0) is 37.6 Å². The zero-order chi connectivity index (χ0) is 22.3. The maximum Gasteiger partial charge on any atom is 0.401 e. The first-order chi connectivity index (χ1) is 14.8. The fourth-order valence-electron chi connectivity index (χ4n) is 4.05. The number of alkyl halides is 3. The summed E-state index contributed by atoms with van der Waals surface area (Å²) in [6.45, 7) is 7.63. The van der Waals surface area contributed by atoms with Crippen LogP contribution in [0.3, 0.4) is 0 Å². The summed E-state index contributed by atoms with van der Waals surface area (Å²) >= 11 is 0. The van der Waals surface area contributed by atoms with E-state index >= 15 is 0 Å². The van der Waals surface area contributed by atoms with Crippen LogP contribution in [0.15, 0.2) is 29.3 Å². The highest BCUT2D eigenvalue weighted by molar-refractivity contribution is 14.0. The topological polar surface area (TPSA) is 46.1 Å². The molecule has 1 unspecified atom stereocenters. The summed E-state index contributed by atoms with van der Waals surface area (Å²) in [4.78, 5) is 10.6. The first-order valence-corrected chi connectivity index (χ1v) is 10.9. The lowest BCUT2D eigenvalue weighted by Crippen LogP contribution is -2.48. The van der Waals surface area contributed by atoms with E-state index in [0.29, 0.717) is 38.6 Å². The third-order valence-electron chi connectivity index (χ3n) is 5.61. The number of aliphatic imine (C=N–C) groups is 1. The molecule has 2 fully saturated rings. The number of hydrogen-bond acceptors (Lipinski definition) is 4. The highest BCUT2D eigenvalue weighted by Gasteiger charge is 2.34. The molecule has 0 amide bonds. The van der Waals surface area contributed by atoms with Gasteiger partial charge in [-0.2, -0.15) is 13.2 Å². The molecular weight excluding hydrogens is 539 g/mol. The molecule has 1 aromatic rings. The fourth-order valence-corrected chi connectivity index (χ4v) is 4.05. The largest absolute Gasteiger partial charge is 0.401 e. The number of hydrogen-bond donors (Lipinski definition) is 2. The average Bonchev–Trinajstić information content (AvgIpc) is 3.14. The number of guanidine groups is 1. The Kier molecular flexibility index (Phi) is 10.7. The highest BCUT2D eigenvalue weighted by atomic mass is 127. The first kappa shape index (κ1) is 26.9.